The second-order valence-electron chi connectivity index (χ2n) is 5.14. The summed E-state index contributed by atoms with van der Waals surface area (Å²) in [7, 11) is 0. The Bertz CT molecular complexity index is 479. The molecule has 4 nitrogen and oxygen atoms in total. The zero-order valence-corrected chi connectivity index (χ0v) is 12.3. The Kier molecular flexibility index (Phi) is 5.59. The Morgan fingerprint density at radius 2 is 2.05 bits per heavy atom. The fraction of sp³-hybridized carbons (Fsp3) is 0.500. The van der Waals surface area contributed by atoms with Crippen molar-refractivity contribution in [3.63, 3.8) is 0 Å². The molecule has 2 rings (SSSR count). The molecule has 0 spiro atoms. The van der Waals surface area contributed by atoms with Crippen LogP contribution in [-0.4, -0.2) is 23.1 Å². The first-order chi connectivity index (χ1) is 9.78. The number of hydrogen-bond acceptors (Lipinski definition) is 4. The molecule has 0 aromatic carbocycles. The van der Waals surface area contributed by atoms with Crippen molar-refractivity contribution in [1.29, 1.82) is 0 Å². The van der Waals surface area contributed by atoms with Crippen molar-refractivity contribution in [1.82, 2.24) is 9.97 Å². The lowest BCUT2D eigenvalue weighted by Gasteiger charge is -2.13. The molecule has 1 heterocycles. The predicted octanol–water partition coefficient (Wildman–Crippen LogP) is 3.69. The highest BCUT2D eigenvalue weighted by atomic mass is 15.1. The Morgan fingerprint density at radius 3 is 2.75 bits per heavy atom. The zero-order chi connectivity index (χ0) is 14.2. The first kappa shape index (κ1) is 14.6. The minimum atomic E-state index is 0.711. The Balaban J connectivity index is 1.86. The lowest BCUT2D eigenvalue weighted by molar-refractivity contribution is 0.679. The molecule has 2 N–H and O–H groups in total. The maximum Gasteiger partial charge on any atom is 0.132 e. The highest BCUT2D eigenvalue weighted by molar-refractivity contribution is 5.47. The number of allylic oxidation sites excluding steroid dienone is 1. The smallest absolute Gasteiger partial charge is 0.132 e. The third-order valence-corrected chi connectivity index (χ3v) is 3.40. The summed E-state index contributed by atoms with van der Waals surface area (Å²) in [6, 6.07) is 1.95. The maximum absolute atomic E-state index is 4.42. The van der Waals surface area contributed by atoms with E-state index in [1.807, 2.05) is 19.1 Å². The molecule has 1 aliphatic rings. The van der Waals surface area contributed by atoms with Crippen LogP contribution in [0.4, 0.5) is 11.6 Å². The van der Waals surface area contributed by atoms with Crippen LogP contribution in [0.2, 0.25) is 0 Å². The van der Waals surface area contributed by atoms with E-state index in [1.54, 1.807) is 5.57 Å². The molecule has 0 amide bonds. The van der Waals surface area contributed by atoms with Crippen LogP contribution in [-0.2, 0) is 0 Å². The molecular formula is C16H24N4. The van der Waals surface area contributed by atoms with E-state index in [0.29, 0.717) is 6.54 Å². The van der Waals surface area contributed by atoms with Gasteiger partial charge in [0.25, 0.3) is 0 Å². The number of hydrogen-bond donors (Lipinski definition) is 2. The van der Waals surface area contributed by atoms with E-state index in [-0.39, 0.29) is 0 Å². The first-order valence-electron chi connectivity index (χ1n) is 7.40. The van der Waals surface area contributed by atoms with E-state index < -0.39 is 0 Å². The van der Waals surface area contributed by atoms with Crippen molar-refractivity contribution in [3.05, 3.63) is 36.2 Å². The fourth-order valence-electron chi connectivity index (χ4n) is 2.41. The second-order valence-corrected chi connectivity index (χ2v) is 5.14. The van der Waals surface area contributed by atoms with Gasteiger partial charge in [-0.15, -0.1) is 6.58 Å². The summed E-state index contributed by atoms with van der Waals surface area (Å²) in [6.07, 6.45) is 10.5. The van der Waals surface area contributed by atoms with Gasteiger partial charge in [0.1, 0.15) is 17.5 Å². The lowest BCUT2D eigenvalue weighted by atomic mass is 9.97. The van der Waals surface area contributed by atoms with Crippen LogP contribution in [0.1, 0.15) is 37.9 Å². The van der Waals surface area contributed by atoms with Gasteiger partial charge in [0.05, 0.1) is 0 Å². The predicted molar refractivity (Wildman–Crippen MR) is 85.1 cm³/mol. The zero-order valence-electron chi connectivity index (χ0n) is 12.3. The fourth-order valence-corrected chi connectivity index (χ4v) is 2.41. The summed E-state index contributed by atoms with van der Waals surface area (Å²) >= 11 is 0. The molecule has 0 unspecified atom stereocenters. The highest BCUT2D eigenvalue weighted by Gasteiger charge is 2.04. The lowest BCUT2D eigenvalue weighted by Crippen LogP contribution is -2.09. The van der Waals surface area contributed by atoms with E-state index in [4.69, 9.17) is 0 Å². The van der Waals surface area contributed by atoms with Gasteiger partial charge in [0.15, 0.2) is 0 Å². The monoisotopic (exact) mass is 272 g/mol. The van der Waals surface area contributed by atoms with E-state index >= 15 is 0 Å². The van der Waals surface area contributed by atoms with Crippen LogP contribution in [0, 0.1) is 6.92 Å². The molecule has 0 bridgehead atoms. The molecule has 4 heteroatoms. The van der Waals surface area contributed by atoms with Gasteiger partial charge < -0.3 is 10.6 Å². The number of nitrogens with zero attached hydrogens (tertiary/aromatic N) is 2. The van der Waals surface area contributed by atoms with Crippen LogP contribution in [0.5, 0.6) is 0 Å². The van der Waals surface area contributed by atoms with Gasteiger partial charge in [0, 0.05) is 19.2 Å². The van der Waals surface area contributed by atoms with Crippen molar-refractivity contribution in [3.8, 4) is 0 Å². The van der Waals surface area contributed by atoms with Crippen LogP contribution in [0.15, 0.2) is 30.4 Å². The van der Waals surface area contributed by atoms with E-state index in [1.165, 1.54) is 25.7 Å². The summed E-state index contributed by atoms with van der Waals surface area (Å²) in [4.78, 5) is 8.76. The van der Waals surface area contributed by atoms with Gasteiger partial charge in [0.2, 0.25) is 0 Å². The first-order valence-corrected chi connectivity index (χ1v) is 7.40. The minimum Gasteiger partial charge on any atom is -0.370 e. The Labute approximate surface area is 121 Å². The average molecular weight is 272 g/mol. The number of anilines is 2. The standard InChI is InChI=1S/C16H24N4/c1-3-10-17-15-12-16(20-13(2)19-15)18-11-9-14-7-5-4-6-8-14/h3,7,12H,1,4-6,8-11H2,2H3,(H2,17,18,19,20). The summed E-state index contributed by atoms with van der Waals surface area (Å²) < 4.78 is 0. The quantitative estimate of drug-likeness (QED) is 0.743. The molecule has 0 aliphatic heterocycles. The molecule has 0 saturated carbocycles. The van der Waals surface area contributed by atoms with Gasteiger partial charge >= 0.3 is 0 Å². The van der Waals surface area contributed by atoms with E-state index in [0.717, 1.165) is 30.4 Å². The third kappa shape index (κ3) is 4.68. The molecule has 20 heavy (non-hydrogen) atoms. The largest absolute Gasteiger partial charge is 0.370 e. The summed E-state index contributed by atoms with van der Waals surface area (Å²) in [5.74, 6) is 2.51. The highest BCUT2D eigenvalue weighted by Crippen LogP contribution is 2.20. The molecule has 0 radical (unpaired) electrons. The van der Waals surface area contributed by atoms with Crippen LogP contribution in [0.25, 0.3) is 0 Å². The SMILES string of the molecule is C=CCNc1cc(NCCC2=CCCCC2)nc(C)n1. The number of rotatable bonds is 7. The molecule has 0 fully saturated rings. The summed E-state index contributed by atoms with van der Waals surface area (Å²) in [5, 5.41) is 6.59. The second kappa shape index (κ2) is 7.68. The normalized spacial score (nSPS) is 14.6. The van der Waals surface area contributed by atoms with Crippen molar-refractivity contribution >= 4 is 11.6 Å². The average Bonchev–Trinajstić information content (AvgIpc) is 2.46. The van der Waals surface area contributed by atoms with Gasteiger partial charge in [-0.3, -0.25) is 0 Å². The molecule has 1 aliphatic carbocycles. The molecule has 0 saturated heterocycles. The molecule has 0 atom stereocenters. The van der Waals surface area contributed by atoms with Crippen molar-refractivity contribution in [2.75, 3.05) is 23.7 Å². The third-order valence-electron chi connectivity index (χ3n) is 3.40. The number of aryl methyl sites for hydroxylation is 1. The van der Waals surface area contributed by atoms with Crippen LogP contribution < -0.4 is 10.6 Å². The topological polar surface area (TPSA) is 49.8 Å². The molecule has 1 aromatic heterocycles. The summed E-state index contributed by atoms with van der Waals surface area (Å²) in [6.45, 7) is 7.25. The van der Waals surface area contributed by atoms with Crippen molar-refractivity contribution in [2.45, 2.75) is 39.0 Å². The summed E-state index contributed by atoms with van der Waals surface area (Å²) in [5.41, 5.74) is 1.58. The molecule has 1 aromatic rings. The maximum atomic E-state index is 4.42. The van der Waals surface area contributed by atoms with Gasteiger partial charge in [-0.1, -0.05) is 17.7 Å². The number of nitrogens with one attached hydrogen (secondary N) is 2. The van der Waals surface area contributed by atoms with Crippen molar-refractivity contribution < 1.29 is 0 Å². The molecular weight excluding hydrogens is 248 g/mol. The Morgan fingerprint density at radius 1 is 1.25 bits per heavy atom. The molecule has 108 valence electrons. The van der Waals surface area contributed by atoms with Gasteiger partial charge in [-0.25, -0.2) is 9.97 Å². The van der Waals surface area contributed by atoms with Crippen molar-refractivity contribution in [2.24, 2.45) is 0 Å². The van der Waals surface area contributed by atoms with Gasteiger partial charge in [-0.2, -0.15) is 0 Å². The van der Waals surface area contributed by atoms with Crippen LogP contribution in [0.3, 0.4) is 0 Å². The van der Waals surface area contributed by atoms with E-state index in [2.05, 4.69) is 33.3 Å². The van der Waals surface area contributed by atoms with Gasteiger partial charge in [-0.05, 0) is 39.0 Å². The van der Waals surface area contributed by atoms with E-state index in [9.17, 15) is 0 Å². The van der Waals surface area contributed by atoms with Crippen LogP contribution >= 0.6 is 0 Å². The minimum absolute atomic E-state index is 0.711. The Hall–Kier alpha value is -1.84. The number of aromatic nitrogens is 2.